The van der Waals surface area contributed by atoms with Crippen LogP contribution in [0.15, 0.2) is 27.8 Å². The van der Waals surface area contributed by atoms with Gasteiger partial charge in [-0.25, -0.2) is 0 Å². The monoisotopic (exact) mass is 392 g/mol. The van der Waals surface area contributed by atoms with Gasteiger partial charge in [0.2, 0.25) is 0 Å². The molecule has 2 aliphatic heterocycles. The highest BCUT2D eigenvalue weighted by atomic mass is 16.5. The van der Waals surface area contributed by atoms with Crippen LogP contribution >= 0.6 is 0 Å². The first-order chi connectivity index (χ1) is 13.9. The second-order valence-electron chi connectivity index (χ2n) is 7.46. The molecule has 2 fully saturated rings. The molecular weight excluding hydrogens is 356 g/mol. The second kappa shape index (κ2) is 12.1. The summed E-state index contributed by atoms with van der Waals surface area (Å²) in [7, 11) is 0. The normalized spacial score (nSPS) is 20.4. The van der Waals surface area contributed by atoms with Gasteiger partial charge >= 0.3 is 0 Å². The number of nitrogens with zero attached hydrogens (tertiary/aromatic N) is 2. The van der Waals surface area contributed by atoms with Gasteiger partial charge in [0.1, 0.15) is 5.76 Å². The van der Waals surface area contributed by atoms with Crippen molar-refractivity contribution in [1.82, 2.24) is 15.5 Å². The Bertz CT molecular complexity index is 552. The maximum Gasteiger partial charge on any atom is 0.191 e. The molecule has 7 nitrogen and oxygen atoms in total. The minimum Gasteiger partial charge on any atom is -0.468 e. The first-order valence-electron chi connectivity index (χ1n) is 10.9. The third kappa shape index (κ3) is 6.79. The Balaban J connectivity index is 1.44. The van der Waals surface area contributed by atoms with Crippen molar-refractivity contribution in [3.8, 4) is 0 Å². The van der Waals surface area contributed by atoms with Gasteiger partial charge in [-0.1, -0.05) is 0 Å². The second-order valence-corrected chi connectivity index (χ2v) is 7.46. The zero-order valence-electron chi connectivity index (χ0n) is 17.2. The van der Waals surface area contributed by atoms with E-state index in [9.17, 15) is 0 Å². The van der Waals surface area contributed by atoms with Crippen LogP contribution in [-0.2, 0) is 9.47 Å². The van der Waals surface area contributed by atoms with Crippen molar-refractivity contribution in [3.63, 3.8) is 0 Å². The smallest absolute Gasteiger partial charge is 0.191 e. The average molecular weight is 393 g/mol. The number of guanidine groups is 1. The highest BCUT2D eigenvalue weighted by molar-refractivity contribution is 5.79. The fraction of sp³-hybridized carbons (Fsp3) is 0.762. The molecule has 2 saturated heterocycles. The van der Waals surface area contributed by atoms with Gasteiger partial charge in [-0.15, -0.1) is 0 Å². The van der Waals surface area contributed by atoms with Crippen LogP contribution < -0.4 is 10.6 Å². The average Bonchev–Trinajstić information content (AvgIpc) is 3.43. The Morgan fingerprint density at radius 3 is 2.82 bits per heavy atom. The molecule has 2 N–H and O–H groups in total. The largest absolute Gasteiger partial charge is 0.468 e. The van der Waals surface area contributed by atoms with Crippen LogP contribution in [-0.4, -0.2) is 69.5 Å². The Kier molecular flexibility index (Phi) is 9.13. The molecule has 1 unspecified atom stereocenters. The molecule has 1 aromatic heterocycles. The van der Waals surface area contributed by atoms with Gasteiger partial charge in [-0.3, -0.25) is 9.89 Å². The van der Waals surface area contributed by atoms with E-state index in [4.69, 9.17) is 18.9 Å². The predicted octanol–water partition coefficient (Wildman–Crippen LogP) is 2.56. The van der Waals surface area contributed by atoms with Gasteiger partial charge in [-0.05, 0) is 64.3 Å². The van der Waals surface area contributed by atoms with E-state index in [1.54, 1.807) is 6.26 Å². The molecule has 158 valence electrons. The molecule has 0 amide bonds. The standard InChI is InChI=1S/C21H36N4O3/c1-2-22-21(23-10-6-14-27-18-8-15-26-16-9-18)24-17-19(20-7-5-13-28-20)25-11-3-4-12-25/h5,7,13,18-19H,2-4,6,8-12,14-17H2,1H3,(H2,22,23,24). The summed E-state index contributed by atoms with van der Waals surface area (Å²) in [6.07, 6.45) is 7.63. The summed E-state index contributed by atoms with van der Waals surface area (Å²) >= 11 is 0. The first kappa shape index (κ1) is 21.1. The molecule has 0 saturated carbocycles. The van der Waals surface area contributed by atoms with E-state index in [-0.39, 0.29) is 6.04 Å². The van der Waals surface area contributed by atoms with Gasteiger partial charge < -0.3 is 24.5 Å². The van der Waals surface area contributed by atoms with Crippen LogP contribution in [0.4, 0.5) is 0 Å². The van der Waals surface area contributed by atoms with Crippen molar-refractivity contribution in [2.45, 2.75) is 51.2 Å². The lowest BCUT2D eigenvalue weighted by Gasteiger charge is -2.24. The van der Waals surface area contributed by atoms with E-state index in [1.807, 2.05) is 6.07 Å². The number of nitrogens with one attached hydrogen (secondary N) is 2. The number of furan rings is 1. The van der Waals surface area contributed by atoms with Crippen LogP contribution in [0.5, 0.6) is 0 Å². The van der Waals surface area contributed by atoms with Crippen LogP contribution in [0.1, 0.15) is 50.8 Å². The molecule has 0 aliphatic carbocycles. The van der Waals surface area contributed by atoms with E-state index in [1.165, 1.54) is 12.8 Å². The summed E-state index contributed by atoms with van der Waals surface area (Å²) in [6.45, 7) is 9.16. The topological polar surface area (TPSA) is 71.3 Å². The Morgan fingerprint density at radius 2 is 2.11 bits per heavy atom. The Morgan fingerprint density at radius 1 is 1.29 bits per heavy atom. The molecule has 1 atom stereocenters. The van der Waals surface area contributed by atoms with E-state index < -0.39 is 0 Å². The zero-order chi connectivity index (χ0) is 19.4. The lowest BCUT2D eigenvalue weighted by Crippen LogP contribution is -2.39. The van der Waals surface area contributed by atoms with Crippen molar-refractivity contribution in [2.24, 2.45) is 4.99 Å². The summed E-state index contributed by atoms with van der Waals surface area (Å²) in [5.74, 6) is 1.87. The molecule has 0 radical (unpaired) electrons. The molecule has 2 aliphatic rings. The minimum absolute atomic E-state index is 0.213. The summed E-state index contributed by atoms with van der Waals surface area (Å²) < 4.78 is 17.0. The molecular formula is C21H36N4O3. The summed E-state index contributed by atoms with van der Waals surface area (Å²) in [5.41, 5.74) is 0. The first-order valence-corrected chi connectivity index (χ1v) is 10.9. The third-order valence-corrected chi connectivity index (χ3v) is 5.36. The fourth-order valence-corrected chi connectivity index (χ4v) is 3.81. The van der Waals surface area contributed by atoms with Crippen molar-refractivity contribution in [3.05, 3.63) is 24.2 Å². The van der Waals surface area contributed by atoms with Crippen LogP contribution in [0, 0.1) is 0 Å². The Labute approximate surface area is 168 Å². The van der Waals surface area contributed by atoms with Gasteiger partial charge in [-0.2, -0.15) is 0 Å². The quantitative estimate of drug-likeness (QED) is 0.362. The van der Waals surface area contributed by atoms with E-state index in [0.29, 0.717) is 12.6 Å². The molecule has 0 aromatic carbocycles. The maximum atomic E-state index is 5.94. The molecule has 1 aromatic rings. The van der Waals surface area contributed by atoms with Crippen LogP contribution in [0.25, 0.3) is 0 Å². The van der Waals surface area contributed by atoms with E-state index >= 15 is 0 Å². The summed E-state index contributed by atoms with van der Waals surface area (Å²) in [4.78, 5) is 7.32. The summed E-state index contributed by atoms with van der Waals surface area (Å²) in [5, 5.41) is 6.78. The number of hydrogen-bond donors (Lipinski definition) is 2. The highest BCUT2D eigenvalue weighted by Crippen LogP contribution is 2.25. The molecule has 3 heterocycles. The number of ether oxygens (including phenoxy) is 2. The maximum absolute atomic E-state index is 5.94. The molecule has 3 rings (SSSR count). The number of aliphatic imine (C=N–C) groups is 1. The van der Waals surface area contributed by atoms with Crippen molar-refractivity contribution in [2.75, 3.05) is 52.5 Å². The molecule has 0 bridgehead atoms. The van der Waals surface area contributed by atoms with E-state index in [2.05, 4.69) is 28.5 Å². The van der Waals surface area contributed by atoms with Crippen molar-refractivity contribution < 1.29 is 13.9 Å². The number of rotatable bonds is 10. The van der Waals surface area contributed by atoms with Gasteiger partial charge in [0, 0.05) is 32.9 Å². The molecule has 0 spiro atoms. The van der Waals surface area contributed by atoms with Gasteiger partial charge in [0.15, 0.2) is 5.96 Å². The highest BCUT2D eigenvalue weighted by Gasteiger charge is 2.25. The van der Waals surface area contributed by atoms with Crippen LogP contribution in [0.3, 0.4) is 0 Å². The lowest BCUT2D eigenvalue weighted by atomic mass is 10.1. The van der Waals surface area contributed by atoms with Gasteiger partial charge in [0.05, 0.1) is 25.0 Å². The minimum atomic E-state index is 0.213. The number of hydrogen-bond acceptors (Lipinski definition) is 5. The molecule has 7 heteroatoms. The van der Waals surface area contributed by atoms with Gasteiger partial charge in [0.25, 0.3) is 0 Å². The third-order valence-electron chi connectivity index (χ3n) is 5.36. The molecule has 28 heavy (non-hydrogen) atoms. The zero-order valence-corrected chi connectivity index (χ0v) is 17.2. The summed E-state index contributed by atoms with van der Waals surface area (Å²) in [6, 6.07) is 4.24. The van der Waals surface area contributed by atoms with E-state index in [0.717, 1.165) is 77.0 Å². The number of likely N-dealkylation sites (tertiary alicyclic amines) is 1. The van der Waals surface area contributed by atoms with Crippen molar-refractivity contribution in [1.29, 1.82) is 0 Å². The Hall–Kier alpha value is -1.57. The lowest BCUT2D eigenvalue weighted by molar-refractivity contribution is -0.0320. The van der Waals surface area contributed by atoms with Crippen molar-refractivity contribution >= 4 is 5.96 Å². The SMILES string of the molecule is CCNC(=NCC(c1ccco1)N1CCCC1)NCCCOC1CCOCC1. The predicted molar refractivity (Wildman–Crippen MR) is 111 cm³/mol. The fourth-order valence-electron chi connectivity index (χ4n) is 3.81. The van der Waals surface area contributed by atoms with Crippen LogP contribution in [0.2, 0.25) is 0 Å².